The fourth-order valence-corrected chi connectivity index (χ4v) is 3.63. The number of nitrogens with two attached hydrogens (primary N) is 1. The van der Waals surface area contributed by atoms with Crippen LogP contribution in [0, 0.1) is 6.42 Å². The van der Waals surface area contributed by atoms with E-state index < -0.39 is 23.0 Å². The standard InChI is InChI=1S/C17H19N2O5/c18-15(23)17-9-1-8-16(17,13(21)10-24-17)19-14(22)7-4-11-2-5-12(20)6-3-11/h2-3,5-7,20H,1,4,8-10H2,(H2,18,23)(H,19,22). The van der Waals surface area contributed by atoms with Crippen LogP contribution in [0.4, 0.5) is 0 Å². The minimum Gasteiger partial charge on any atom is -0.508 e. The average Bonchev–Trinajstić information content (AvgIpc) is 3.04. The fourth-order valence-electron chi connectivity index (χ4n) is 3.63. The number of carbonyl (C=O) groups is 3. The number of carbonyl (C=O) groups excluding carboxylic acids is 3. The highest BCUT2D eigenvalue weighted by Gasteiger charge is 2.68. The topological polar surface area (TPSA) is 119 Å². The number of primary amides is 1. The van der Waals surface area contributed by atoms with Gasteiger partial charge in [0.05, 0.1) is 6.42 Å². The summed E-state index contributed by atoms with van der Waals surface area (Å²) in [4.78, 5) is 36.6. The van der Waals surface area contributed by atoms with Crippen LogP contribution >= 0.6 is 0 Å². The van der Waals surface area contributed by atoms with Gasteiger partial charge in [-0.05, 0) is 43.4 Å². The van der Waals surface area contributed by atoms with E-state index in [-0.39, 0.29) is 18.1 Å². The number of hydrogen-bond acceptors (Lipinski definition) is 5. The summed E-state index contributed by atoms with van der Waals surface area (Å²) in [5.74, 6) is -1.34. The molecule has 4 N–H and O–H groups in total. The Kier molecular flexibility index (Phi) is 4.04. The molecule has 2 fully saturated rings. The largest absolute Gasteiger partial charge is 0.508 e. The van der Waals surface area contributed by atoms with Crippen molar-refractivity contribution in [2.45, 2.75) is 36.8 Å². The lowest BCUT2D eigenvalue weighted by atomic mass is 9.80. The van der Waals surface area contributed by atoms with Crippen molar-refractivity contribution in [3.8, 4) is 5.75 Å². The lowest BCUT2D eigenvalue weighted by molar-refractivity contribution is -0.144. The Hall–Kier alpha value is -2.41. The van der Waals surface area contributed by atoms with E-state index in [1.165, 1.54) is 18.6 Å². The van der Waals surface area contributed by atoms with Crippen molar-refractivity contribution in [3.63, 3.8) is 0 Å². The third-order valence-corrected chi connectivity index (χ3v) is 4.89. The zero-order valence-corrected chi connectivity index (χ0v) is 13.1. The van der Waals surface area contributed by atoms with Crippen LogP contribution in [0.15, 0.2) is 24.3 Å². The molecule has 2 aliphatic rings. The fraction of sp³-hybridized carbons (Fsp3) is 0.412. The van der Waals surface area contributed by atoms with Gasteiger partial charge in [0.1, 0.15) is 17.9 Å². The van der Waals surface area contributed by atoms with Gasteiger partial charge in [-0.2, -0.15) is 0 Å². The summed E-state index contributed by atoms with van der Waals surface area (Å²) in [7, 11) is 0. The molecule has 1 saturated carbocycles. The number of aromatic hydroxyl groups is 1. The van der Waals surface area contributed by atoms with E-state index in [9.17, 15) is 19.5 Å². The molecule has 1 aromatic carbocycles. The maximum absolute atomic E-state index is 12.3. The van der Waals surface area contributed by atoms with Crippen LogP contribution < -0.4 is 11.1 Å². The normalized spacial score (nSPS) is 28.6. The van der Waals surface area contributed by atoms with E-state index in [4.69, 9.17) is 10.5 Å². The van der Waals surface area contributed by atoms with Gasteiger partial charge in [0, 0.05) is 0 Å². The molecule has 2 amide bonds. The van der Waals surface area contributed by atoms with Crippen molar-refractivity contribution in [2.24, 2.45) is 5.73 Å². The number of ketones is 1. The molecule has 1 heterocycles. The second kappa shape index (κ2) is 5.90. The Bertz CT molecular complexity index is 687. The minimum atomic E-state index is -1.44. The lowest BCUT2D eigenvalue weighted by Gasteiger charge is -2.35. The Labute approximate surface area is 139 Å². The molecule has 7 nitrogen and oxygen atoms in total. The summed E-state index contributed by atoms with van der Waals surface area (Å²) < 4.78 is 5.44. The number of phenolic OH excluding ortho intramolecular Hbond substituents is 1. The quantitative estimate of drug-likeness (QED) is 0.702. The van der Waals surface area contributed by atoms with Crippen molar-refractivity contribution in [1.82, 2.24) is 5.32 Å². The summed E-state index contributed by atoms with van der Waals surface area (Å²) in [6.07, 6.45) is 2.98. The van der Waals surface area contributed by atoms with E-state index in [0.717, 1.165) is 5.56 Å². The van der Waals surface area contributed by atoms with E-state index in [2.05, 4.69) is 5.32 Å². The summed E-state index contributed by atoms with van der Waals surface area (Å²) in [5.41, 5.74) is 3.51. The van der Waals surface area contributed by atoms with E-state index in [1.54, 1.807) is 12.1 Å². The predicted octanol–water partition coefficient (Wildman–Crippen LogP) is 0.00129. The SMILES string of the molecule is NC(=O)C12CCCC1(NC(=O)[CH]Cc1ccc(O)cc1)C(=O)CO2. The molecule has 7 heteroatoms. The van der Waals surface area contributed by atoms with Gasteiger partial charge in [-0.25, -0.2) is 0 Å². The highest BCUT2D eigenvalue weighted by atomic mass is 16.5. The first-order valence-corrected chi connectivity index (χ1v) is 7.80. The molecule has 2 atom stereocenters. The number of amides is 2. The van der Waals surface area contributed by atoms with Crippen LogP contribution in [0.2, 0.25) is 0 Å². The molecule has 24 heavy (non-hydrogen) atoms. The highest BCUT2D eigenvalue weighted by molar-refractivity contribution is 6.06. The molecule has 2 unspecified atom stereocenters. The molecule has 1 aliphatic heterocycles. The smallest absolute Gasteiger partial charge is 0.252 e. The number of nitrogens with one attached hydrogen (secondary N) is 1. The third kappa shape index (κ3) is 2.45. The van der Waals surface area contributed by atoms with Crippen molar-refractivity contribution in [2.75, 3.05) is 6.61 Å². The summed E-state index contributed by atoms with van der Waals surface area (Å²) in [5, 5.41) is 11.9. The zero-order chi connectivity index (χ0) is 17.4. The molecule has 1 aliphatic carbocycles. The molecule has 127 valence electrons. The van der Waals surface area contributed by atoms with Gasteiger partial charge in [0.15, 0.2) is 11.4 Å². The van der Waals surface area contributed by atoms with Gasteiger partial charge in [0.2, 0.25) is 5.91 Å². The first kappa shape index (κ1) is 16.4. The van der Waals surface area contributed by atoms with Gasteiger partial charge in [-0.1, -0.05) is 12.1 Å². The Balaban J connectivity index is 1.71. The first-order chi connectivity index (χ1) is 11.4. The van der Waals surface area contributed by atoms with Gasteiger partial charge in [-0.3, -0.25) is 14.4 Å². The number of phenols is 1. The molecular formula is C17H19N2O5. The maximum Gasteiger partial charge on any atom is 0.252 e. The van der Waals surface area contributed by atoms with Gasteiger partial charge in [-0.15, -0.1) is 0 Å². The first-order valence-electron chi connectivity index (χ1n) is 7.80. The van der Waals surface area contributed by atoms with Gasteiger partial charge in [0.25, 0.3) is 5.91 Å². The molecular weight excluding hydrogens is 312 g/mol. The monoisotopic (exact) mass is 331 g/mol. The summed E-state index contributed by atoms with van der Waals surface area (Å²) in [6.45, 7) is -0.221. The lowest BCUT2D eigenvalue weighted by Crippen LogP contribution is -2.66. The van der Waals surface area contributed by atoms with Crippen molar-refractivity contribution in [1.29, 1.82) is 0 Å². The Morgan fingerprint density at radius 2 is 2.00 bits per heavy atom. The average molecular weight is 331 g/mol. The molecule has 1 radical (unpaired) electrons. The Morgan fingerprint density at radius 3 is 2.67 bits per heavy atom. The number of hydrogen-bond donors (Lipinski definition) is 3. The summed E-state index contributed by atoms with van der Waals surface area (Å²) >= 11 is 0. The summed E-state index contributed by atoms with van der Waals surface area (Å²) in [6, 6.07) is 6.46. The number of fused-ring (bicyclic) bond motifs is 1. The van der Waals surface area contributed by atoms with Crippen LogP contribution in [0.25, 0.3) is 0 Å². The number of rotatable bonds is 5. The predicted molar refractivity (Wildman–Crippen MR) is 83.7 cm³/mol. The van der Waals surface area contributed by atoms with Crippen molar-refractivity contribution in [3.05, 3.63) is 36.2 Å². The van der Waals surface area contributed by atoms with E-state index >= 15 is 0 Å². The van der Waals surface area contributed by atoms with Crippen molar-refractivity contribution >= 4 is 17.6 Å². The number of ether oxygens (including phenoxy) is 1. The number of Topliss-reactive ketones (excluding diaryl/α,β-unsaturated/α-hetero) is 1. The minimum absolute atomic E-state index is 0.146. The molecule has 0 bridgehead atoms. The molecule has 1 saturated heterocycles. The zero-order valence-electron chi connectivity index (χ0n) is 13.1. The van der Waals surface area contributed by atoms with Crippen LogP contribution in [-0.4, -0.2) is 40.5 Å². The third-order valence-electron chi connectivity index (χ3n) is 4.89. The van der Waals surface area contributed by atoms with Gasteiger partial charge >= 0.3 is 0 Å². The maximum atomic E-state index is 12.3. The van der Waals surface area contributed by atoms with Crippen LogP contribution in [-0.2, 0) is 25.5 Å². The molecule has 0 aromatic heterocycles. The number of benzene rings is 1. The molecule has 3 rings (SSSR count). The molecule has 0 spiro atoms. The Morgan fingerprint density at radius 1 is 1.29 bits per heavy atom. The molecule has 1 aromatic rings. The van der Waals surface area contributed by atoms with Gasteiger partial charge < -0.3 is 20.9 Å². The van der Waals surface area contributed by atoms with E-state index in [1.807, 2.05) is 0 Å². The van der Waals surface area contributed by atoms with Crippen LogP contribution in [0.3, 0.4) is 0 Å². The van der Waals surface area contributed by atoms with E-state index in [0.29, 0.717) is 25.7 Å². The second-order valence-electron chi connectivity index (χ2n) is 6.23. The van der Waals surface area contributed by atoms with Crippen LogP contribution in [0.5, 0.6) is 5.75 Å². The van der Waals surface area contributed by atoms with Crippen LogP contribution in [0.1, 0.15) is 24.8 Å². The highest BCUT2D eigenvalue weighted by Crippen LogP contribution is 2.46. The second-order valence-corrected chi connectivity index (χ2v) is 6.23. The van der Waals surface area contributed by atoms with Crippen molar-refractivity contribution < 1.29 is 24.2 Å².